The van der Waals surface area contributed by atoms with Crippen molar-refractivity contribution >= 4 is 28.9 Å². The average Bonchev–Trinajstić information content (AvgIpc) is 2.43. The number of carboxylic acids is 1. The van der Waals surface area contributed by atoms with Crippen molar-refractivity contribution in [2.75, 3.05) is 10.6 Å². The van der Waals surface area contributed by atoms with E-state index in [4.69, 9.17) is 5.11 Å². The maximum atomic E-state index is 12.8. The Balaban J connectivity index is 2.21. The van der Waals surface area contributed by atoms with Crippen molar-refractivity contribution in [3.63, 3.8) is 0 Å². The van der Waals surface area contributed by atoms with Gasteiger partial charge in [-0.15, -0.1) is 0 Å². The highest BCUT2D eigenvalue weighted by molar-refractivity contribution is 6.36. The van der Waals surface area contributed by atoms with Crippen LogP contribution in [0.2, 0.25) is 0 Å². The van der Waals surface area contributed by atoms with Crippen molar-refractivity contribution in [3.8, 4) is 0 Å². The van der Waals surface area contributed by atoms with Crippen LogP contribution < -0.4 is 10.6 Å². The largest absolute Gasteiger partial charge is 0.474 e. The molecule has 0 spiro atoms. The molecule has 0 atom stereocenters. The highest BCUT2D eigenvalue weighted by atomic mass is 19.1. The minimum Gasteiger partial charge on any atom is -0.474 e. The number of aromatic nitrogens is 1. The highest BCUT2D eigenvalue weighted by Crippen LogP contribution is 2.24. The lowest BCUT2D eigenvalue weighted by molar-refractivity contribution is -0.147. The summed E-state index contributed by atoms with van der Waals surface area (Å²) in [5.41, 5.74) is 1.23. The molecule has 6 nitrogen and oxygen atoms in total. The number of pyridine rings is 1. The van der Waals surface area contributed by atoms with Gasteiger partial charge in [-0.1, -0.05) is 0 Å². The van der Waals surface area contributed by atoms with Crippen molar-refractivity contribution in [1.29, 1.82) is 0 Å². The fourth-order valence-corrected chi connectivity index (χ4v) is 1.47. The van der Waals surface area contributed by atoms with E-state index in [2.05, 4.69) is 15.6 Å². The standard InChI is InChI=1S/C13H10FN3O3/c14-8-1-3-9(4-2-8)16-11-7-15-6-5-10(11)17-12(18)13(19)20/h1-7,16H,(H,19,20)(H,15,17,18). The molecule has 0 aliphatic carbocycles. The van der Waals surface area contributed by atoms with Crippen LogP contribution in [0.5, 0.6) is 0 Å². The summed E-state index contributed by atoms with van der Waals surface area (Å²) in [4.78, 5) is 25.6. The van der Waals surface area contributed by atoms with Crippen LogP contribution in [0.25, 0.3) is 0 Å². The fourth-order valence-electron chi connectivity index (χ4n) is 1.47. The molecule has 1 aromatic heterocycles. The molecule has 102 valence electrons. The summed E-state index contributed by atoms with van der Waals surface area (Å²) in [6.45, 7) is 0. The molecule has 20 heavy (non-hydrogen) atoms. The topological polar surface area (TPSA) is 91.3 Å². The maximum absolute atomic E-state index is 12.8. The van der Waals surface area contributed by atoms with Gasteiger partial charge in [0.15, 0.2) is 0 Å². The van der Waals surface area contributed by atoms with Gasteiger partial charge in [0.05, 0.1) is 17.6 Å². The van der Waals surface area contributed by atoms with E-state index in [0.29, 0.717) is 11.4 Å². The number of hydrogen-bond donors (Lipinski definition) is 3. The molecular formula is C13H10FN3O3. The molecule has 2 aromatic rings. The lowest BCUT2D eigenvalue weighted by Gasteiger charge is -2.11. The Hall–Kier alpha value is -2.96. The summed E-state index contributed by atoms with van der Waals surface area (Å²) < 4.78 is 12.8. The Morgan fingerprint density at radius 2 is 1.80 bits per heavy atom. The monoisotopic (exact) mass is 275 g/mol. The first-order valence-corrected chi connectivity index (χ1v) is 5.57. The summed E-state index contributed by atoms with van der Waals surface area (Å²) in [7, 11) is 0. The van der Waals surface area contributed by atoms with Gasteiger partial charge in [0.25, 0.3) is 0 Å². The van der Waals surface area contributed by atoms with Crippen LogP contribution in [-0.4, -0.2) is 22.0 Å². The molecule has 1 heterocycles. The van der Waals surface area contributed by atoms with Crippen molar-refractivity contribution in [2.24, 2.45) is 0 Å². The third kappa shape index (κ3) is 3.29. The molecular weight excluding hydrogens is 265 g/mol. The molecule has 0 aliphatic rings. The van der Waals surface area contributed by atoms with E-state index in [9.17, 15) is 14.0 Å². The summed E-state index contributed by atoms with van der Waals surface area (Å²) >= 11 is 0. The van der Waals surface area contributed by atoms with E-state index in [1.807, 2.05) is 0 Å². The van der Waals surface area contributed by atoms with Gasteiger partial charge in [0.2, 0.25) is 0 Å². The van der Waals surface area contributed by atoms with Crippen molar-refractivity contribution in [2.45, 2.75) is 0 Å². The predicted molar refractivity (Wildman–Crippen MR) is 70.2 cm³/mol. The molecule has 0 unspecified atom stereocenters. The van der Waals surface area contributed by atoms with Gasteiger partial charge in [-0.05, 0) is 30.3 Å². The van der Waals surface area contributed by atoms with Crippen LogP contribution in [0, 0.1) is 5.82 Å². The van der Waals surface area contributed by atoms with E-state index in [1.54, 1.807) is 0 Å². The molecule has 0 saturated heterocycles. The molecule has 3 N–H and O–H groups in total. The Morgan fingerprint density at radius 1 is 1.10 bits per heavy atom. The van der Waals surface area contributed by atoms with Crippen molar-refractivity contribution in [1.82, 2.24) is 4.98 Å². The first-order chi connectivity index (χ1) is 9.56. The van der Waals surface area contributed by atoms with Gasteiger partial charge in [-0.25, -0.2) is 9.18 Å². The number of halogens is 1. The number of aliphatic carboxylic acids is 1. The number of amides is 1. The van der Waals surface area contributed by atoms with E-state index in [-0.39, 0.29) is 11.5 Å². The molecule has 2 rings (SSSR count). The van der Waals surface area contributed by atoms with E-state index >= 15 is 0 Å². The fraction of sp³-hybridized carbons (Fsp3) is 0. The normalized spacial score (nSPS) is 9.85. The number of nitrogens with one attached hydrogen (secondary N) is 2. The van der Waals surface area contributed by atoms with Gasteiger partial charge in [-0.2, -0.15) is 0 Å². The van der Waals surface area contributed by atoms with E-state index < -0.39 is 11.9 Å². The van der Waals surface area contributed by atoms with Gasteiger partial charge in [0, 0.05) is 11.9 Å². The zero-order valence-corrected chi connectivity index (χ0v) is 10.1. The number of hydrogen-bond acceptors (Lipinski definition) is 4. The van der Waals surface area contributed by atoms with E-state index in [0.717, 1.165) is 0 Å². The summed E-state index contributed by atoms with van der Waals surface area (Å²) in [6.07, 6.45) is 2.83. The van der Waals surface area contributed by atoms with Crippen LogP contribution in [0.15, 0.2) is 42.7 Å². The zero-order valence-electron chi connectivity index (χ0n) is 10.1. The minimum atomic E-state index is -1.59. The first-order valence-electron chi connectivity index (χ1n) is 5.57. The van der Waals surface area contributed by atoms with Crippen molar-refractivity contribution in [3.05, 3.63) is 48.5 Å². The lowest BCUT2D eigenvalue weighted by atomic mass is 10.2. The Bertz CT molecular complexity index is 644. The summed E-state index contributed by atoms with van der Waals surface area (Å²) in [5.74, 6) is -3.12. The molecule has 0 radical (unpaired) electrons. The van der Waals surface area contributed by atoms with Crippen LogP contribution in [-0.2, 0) is 9.59 Å². The minimum absolute atomic E-state index is 0.261. The predicted octanol–water partition coefficient (Wildman–Crippen LogP) is 1.99. The summed E-state index contributed by atoms with van der Waals surface area (Å²) in [5, 5.41) is 13.7. The molecule has 0 saturated carbocycles. The van der Waals surface area contributed by atoms with Crippen LogP contribution in [0.4, 0.5) is 21.5 Å². The quantitative estimate of drug-likeness (QED) is 0.745. The molecule has 1 amide bonds. The average molecular weight is 275 g/mol. The summed E-state index contributed by atoms with van der Waals surface area (Å²) in [6, 6.07) is 7.01. The van der Waals surface area contributed by atoms with Crippen LogP contribution in [0.1, 0.15) is 0 Å². The van der Waals surface area contributed by atoms with Gasteiger partial charge >= 0.3 is 11.9 Å². The maximum Gasteiger partial charge on any atom is 0.394 e. The van der Waals surface area contributed by atoms with Crippen molar-refractivity contribution < 1.29 is 19.1 Å². The number of carbonyl (C=O) groups excluding carboxylic acids is 1. The third-order valence-corrected chi connectivity index (χ3v) is 2.39. The zero-order chi connectivity index (χ0) is 14.5. The van der Waals surface area contributed by atoms with Crippen LogP contribution in [0.3, 0.4) is 0 Å². The number of benzene rings is 1. The second-order valence-electron chi connectivity index (χ2n) is 3.81. The number of rotatable bonds is 3. The smallest absolute Gasteiger partial charge is 0.394 e. The van der Waals surface area contributed by atoms with Gasteiger partial charge in [-0.3, -0.25) is 9.78 Å². The Labute approximate surface area is 113 Å². The van der Waals surface area contributed by atoms with E-state index in [1.165, 1.54) is 42.7 Å². The third-order valence-electron chi connectivity index (χ3n) is 2.39. The number of anilines is 3. The van der Waals surface area contributed by atoms with Crippen LogP contribution >= 0.6 is 0 Å². The second-order valence-corrected chi connectivity index (χ2v) is 3.81. The van der Waals surface area contributed by atoms with Gasteiger partial charge < -0.3 is 15.7 Å². The highest BCUT2D eigenvalue weighted by Gasteiger charge is 2.13. The first kappa shape index (κ1) is 13.5. The Morgan fingerprint density at radius 3 is 2.45 bits per heavy atom. The second kappa shape index (κ2) is 5.79. The number of carbonyl (C=O) groups is 2. The lowest BCUT2D eigenvalue weighted by Crippen LogP contribution is -2.22. The molecule has 0 aliphatic heterocycles. The molecule has 7 heteroatoms. The molecule has 0 bridgehead atoms. The SMILES string of the molecule is O=C(O)C(=O)Nc1ccncc1Nc1ccc(F)cc1. The van der Waals surface area contributed by atoms with Gasteiger partial charge in [0.1, 0.15) is 5.82 Å². The number of carboxylic acid groups (broad SMARTS) is 1. The molecule has 1 aromatic carbocycles. The molecule has 0 fully saturated rings. The number of nitrogens with zero attached hydrogens (tertiary/aromatic N) is 1. The Kier molecular flexibility index (Phi) is 3.90.